The van der Waals surface area contributed by atoms with Gasteiger partial charge in [0.1, 0.15) is 0 Å². The lowest BCUT2D eigenvalue weighted by Gasteiger charge is -2.16. The fraction of sp³-hybridized carbons (Fsp3) is 0.556. The van der Waals surface area contributed by atoms with Gasteiger partial charge in [-0.1, -0.05) is 13.8 Å². The second-order valence-corrected chi connectivity index (χ2v) is 6.25. The Morgan fingerprint density at radius 1 is 1.08 bits per heavy atom. The average Bonchev–Trinajstić information content (AvgIpc) is 2.58. The van der Waals surface area contributed by atoms with Crippen molar-refractivity contribution in [1.82, 2.24) is 10.2 Å². The number of likely N-dealkylation sites (N-methyl/N-ethyl adjacent to an activating group) is 1. The van der Waals surface area contributed by atoms with Crippen molar-refractivity contribution in [2.24, 2.45) is 5.92 Å². The number of carbonyl (C=O) groups excluding carboxylic acids is 2. The maximum atomic E-state index is 11.9. The molecule has 0 bridgehead atoms. The second-order valence-electron chi connectivity index (χ2n) is 6.25. The van der Waals surface area contributed by atoms with Gasteiger partial charge in [-0.3, -0.25) is 4.79 Å². The molecule has 1 aromatic rings. The quantitative estimate of drug-likeness (QED) is 0.566. The molecule has 3 amide bonds. The Morgan fingerprint density at radius 3 is 2.24 bits per heavy atom. The smallest absolute Gasteiger partial charge is 0.319 e. The fourth-order valence-corrected chi connectivity index (χ4v) is 2.01. The number of benzene rings is 1. The van der Waals surface area contributed by atoms with Gasteiger partial charge in [0, 0.05) is 37.5 Å². The molecule has 3 N–H and O–H groups in total. The Hall–Kier alpha value is -2.12. The molecule has 1 aromatic carbocycles. The number of rotatable bonds is 10. The summed E-state index contributed by atoms with van der Waals surface area (Å²) in [5.74, 6) is -0.106. The van der Waals surface area contributed by atoms with Crippen molar-refractivity contribution in [2.75, 3.05) is 51.0 Å². The number of amides is 3. The minimum absolute atomic E-state index is 0.0334. The van der Waals surface area contributed by atoms with Gasteiger partial charge in [0.15, 0.2) is 0 Å². The number of hydrogen-bond donors (Lipinski definition) is 3. The highest BCUT2D eigenvalue weighted by Crippen LogP contribution is 2.14. The highest BCUT2D eigenvalue weighted by Gasteiger charge is 2.07. The van der Waals surface area contributed by atoms with Crippen LogP contribution in [0.25, 0.3) is 0 Å². The molecule has 0 saturated heterocycles. The van der Waals surface area contributed by atoms with Gasteiger partial charge in [-0.15, -0.1) is 0 Å². The van der Waals surface area contributed by atoms with Crippen LogP contribution in [0.2, 0.25) is 0 Å². The molecular weight excluding hydrogens is 320 g/mol. The van der Waals surface area contributed by atoms with Gasteiger partial charge in [0.2, 0.25) is 5.91 Å². The van der Waals surface area contributed by atoms with Crippen LogP contribution in [0, 0.1) is 5.92 Å². The molecule has 140 valence electrons. The highest BCUT2D eigenvalue weighted by atomic mass is 16.5. The van der Waals surface area contributed by atoms with Gasteiger partial charge in [-0.2, -0.15) is 0 Å². The molecule has 0 unspecified atom stereocenters. The van der Waals surface area contributed by atoms with Crippen molar-refractivity contribution in [3.8, 4) is 0 Å². The summed E-state index contributed by atoms with van der Waals surface area (Å²) in [7, 11) is 3.71. The van der Waals surface area contributed by atoms with Crippen LogP contribution < -0.4 is 16.0 Å². The monoisotopic (exact) mass is 350 g/mol. The number of hydrogen-bond acceptors (Lipinski definition) is 4. The molecule has 0 saturated carbocycles. The predicted octanol–water partition coefficient (Wildman–Crippen LogP) is 2.37. The van der Waals surface area contributed by atoms with Crippen LogP contribution >= 0.6 is 0 Å². The van der Waals surface area contributed by atoms with Crippen LogP contribution in [0.5, 0.6) is 0 Å². The Labute approximate surface area is 150 Å². The summed E-state index contributed by atoms with van der Waals surface area (Å²) in [6.07, 6.45) is 0.869. The maximum absolute atomic E-state index is 11.9. The topological polar surface area (TPSA) is 82.7 Å². The molecule has 0 fully saturated rings. The van der Waals surface area contributed by atoms with E-state index in [0.717, 1.165) is 19.5 Å². The Morgan fingerprint density at radius 2 is 1.68 bits per heavy atom. The summed E-state index contributed by atoms with van der Waals surface area (Å²) in [5, 5.41) is 8.41. The predicted molar refractivity (Wildman–Crippen MR) is 101 cm³/mol. The molecule has 0 aliphatic heterocycles. The number of anilines is 2. The van der Waals surface area contributed by atoms with Crippen molar-refractivity contribution in [3.63, 3.8) is 0 Å². The molecule has 0 spiro atoms. The largest absolute Gasteiger partial charge is 0.383 e. The normalized spacial score (nSPS) is 10.8. The van der Waals surface area contributed by atoms with Gasteiger partial charge in [0.25, 0.3) is 0 Å². The number of nitrogens with zero attached hydrogens (tertiary/aromatic N) is 1. The van der Waals surface area contributed by atoms with Crippen LogP contribution in [0.1, 0.15) is 20.3 Å². The molecule has 0 aliphatic carbocycles. The molecule has 0 aromatic heterocycles. The lowest BCUT2D eigenvalue weighted by atomic mass is 10.2. The SMILES string of the molecule is COCCN(C)CCCNC(=O)Nc1ccc(NC(=O)C(C)C)cc1. The van der Waals surface area contributed by atoms with Crippen LogP contribution in [0.3, 0.4) is 0 Å². The van der Waals surface area contributed by atoms with E-state index in [2.05, 4.69) is 20.9 Å². The third-order valence-corrected chi connectivity index (χ3v) is 3.61. The van der Waals surface area contributed by atoms with Gasteiger partial charge < -0.3 is 25.6 Å². The van der Waals surface area contributed by atoms with Crippen molar-refractivity contribution in [3.05, 3.63) is 24.3 Å². The molecule has 25 heavy (non-hydrogen) atoms. The van der Waals surface area contributed by atoms with Crippen molar-refractivity contribution in [1.29, 1.82) is 0 Å². The number of nitrogens with one attached hydrogen (secondary N) is 3. The zero-order valence-electron chi connectivity index (χ0n) is 15.6. The van der Waals surface area contributed by atoms with Crippen LogP contribution in [0.4, 0.5) is 16.2 Å². The third kappa shape index (κ3) is 9.07. The molecule has 1 rings (SSSR count). The van der Waals surface area contributed by atoms with Crippen LogP contribution in [0.15, 0.2) is 24.3 Å². The standard InChI is InChI=1S/C18H30N4O3/c1-14(2)17(23)20-15-6-8-16(9-7-15)21-18(24)19-10-5-11-22(3)12-13-25-4/h6-9,14H,5,10-13H2,1-4H3,(H,20,23)(H2,19,21,24). The summed E-state index contributed by atoms with van der Waals surface area (Å²) >= 11 is 0. The van der Waals surface area contributed by atoms with E-state index in [-0.39, 0.29) is 17.9 Å². The van der Waals surface area contributed by atoms with Crippen molar-refractivity contribution >= 4 is 23.3 Å². The molecule has 0 heterocycles. The minimum atomic E-state index is -0.237. The maximum Gasteiger partial charge on any atom is 0.319 e. The highest BCUT2D eigenvalue weighted by molar-refractivity contribution is 5.93. The van der Waals surface area contributed by atoms with E-state index in [1.165, 1.54) is 0 Å². The van der Waals surface area contributed by atoms with Gasteiger partial charge >= 0.3 is 6.03 Å². The van der Waals surface area contributed by atoms with E-state index < -0.39 is 0 Å². The molecular formula is C18H30N4O3. The minimum Gasteiger partial charge on any atom is -0.383 e. The van der Waals surface area contributed by atoms with Gasteiger partial charge in [-0.05, 0) is 44.3 Å². The van der Waals surface area contributed by atoms with E-state index in [1.807, 2.05) is 20.9 Å². The molecule has 0 aliphatic rings. The number of carbonyl (C=O) groups is 2. The summed E-state index contributed by atoms with van der Waals surface area (Å²) in [5.41, 5.74) is 1.39. The summed E-state index contributed by atoms with van der Waals surface area (Å²) in [6.45, 7) is 6.76. The van der Waals surface area contributed by atoms with E-state index in [4.69, 9.17) is 4.74 Å². The van der Waals surface area contributed by atoms with Crippen LogP contribution in [-0.2, 0) is 9.53 Å². The third-order valence-electron chi connectivity index (χ3n) is 3.61. The zero-order chi connectivity index (χ0) is 18.7. The van der Waals surface area contributed by atoms with E-state index in [9.17, 15) is 9.59 Å². The second kappa shape index (κ2) is 11.4. The van der Waals surface area contributed by atoms with Crippen molar-refractivity contribution < 1.29 is 14.3 Å². The van der Waals surface area contributed by atoms with E-state index in [1.54, 1.807) is 31.4 Å². The first-order chi connectivity index (χ1) is 11.9. The van der Waals surface area contributed by atoms with Gasteiger partial charge in [-0.25, -0.2) is 4.79 Å². The number of methoxy groups -OCH3 is 1. The van der Waals surface area contributed by atoms with E-state index in [0.29, 0.717) is 24.5 Å². The Balaban J connectivity index is 2.27. The molecule has 7 nitrogen and oxygen atoms in total. The first kappa shape index (κ1) is 20.9. The number of urea groups is 1. The van der Waals surface area contributed by atoms with Gasteiger partial charge in [0.05, 0.1) is 6.61 Å². The molecule has 7 heteroatoms. The Kier molecular flexibility index (Phi) is 9.57. The zero-order valence-corrected chi connectivity index (χ0v) is 15.6. The fourth-order valence-electron chi connectivity index (χ4n) is 2.01. The van der Waals surface area contributed by atoms with Crippen molar-refractivity contribution in [2.45, 2.75) is 20.3 Å². The Bertz CT molecular complexity index is 532. The summed E-state index contributed by atoms with van der Waals surface area (Å²) in [4.78, 5) is 25.6. The lowest BCUT2D eigenvalue weighted by Crippen LogP contribution is -2.32. The lowest BCUT2D eigenvalue weighted by molar-refractivity contribution is -0.118. The average molecular weight is 350 g/mol. The molecule has 0 radical (unpaired) electrons. The van der Waals surface area contributed by atoms with Crippen LogP contribution in [-0.4, -0.2) is 57.2 Å². The first-order valence-corrected chi connectivity index (χ1v) is 8.55. The number of ether oxygens (including phenoxy) is 1. The summed E-state index contributed by atoms with van der Waals surface area (Å²) < 4.78 is 5.02. The first-order valence-electron chi connectivity index (χ1n) is 8.55. The summed E-state index contributed by atoms with van der Waals surface area (Å²) in [6, 6.07) is 6.81. The molecule has 0 atom stereocenters. The van der Waals surface area contributed by atoms with E-state index >= 15 is 0 Å².